The molecule has 0 spiro atoms. The first-order chi connectivity index (χ1) is 10.6. The van der Waals surface area contributed by atoms with E-state index in [1.807, 2.05) is 0 Å². The average Bonchev–Trinajstić information content (AvgIpc) is 3.15. The summed E-state index contributed by atoms with van der Waals surface area (Å²) in [6.45, 7) is 0. The molecule has 0 aromatic heterocycles. The van der Waals surface area contributed by atoms with Crippen molar-refractivity contribution < 1.29 is 19.1 Å². The van der Waals surface area contributed by atoms with Crippen LogP contribution in [0.15, 0.2) is 22.4 Å². The molecular weight excluding hydrogens is 284 g/mol. The normalized spacial score (nSPS) is 54.8. The van der Waals surface area contributed by atoms with Gasteiger partial charge >= 0.3 is 11.9 Å². The van der Waals surface area contributed by atoms with E-state index in [-0.39, 0.29) is 35.6 Å². The maximum absolute atomic E-state index is 12.6. The molecule has 22 heavy (non-hydrogen) atoms. The summed E-state index contributed by atoms with van der Waals surface area (Å²) in [7, 11) is 2.83. The van der Waals surface area contributed by atoms with Gasteiger partial charge in [0.2, 0.25) is 0 Å². The van der Waals surface area contributed by atoms with Crippen LogP contribution in [0.5, 0.6) is 0 Å². The largest absolute Gasteiger partial charge is 0.467 e. The van der Waals surface area contributed by atoms with Crippen LogP contribution in [-0.4, -0.2) is 37.2 Å². The Hall–Kier alpha value is -1.72. The number of azo groups is 1. The number of esters is 2. The topological polar surface area (TPSA) is 77.3 Å². The first-order valence-electron chi connectivity index (χ1n) is 7.90. The molecule has 3 saturated carbocycles. The van der Waals surface area contributed by atoms with Gasteiger partial charge in [0.1, 0.15) is 0 Å². The van der Waals surface area contributed by atoms with Gasteiger partial charge in [-0.15, -0.1) is 0 Å². The average molecular weight is 302 g/mol. The van der Waals surface area contributed by atoms with Gasteiger partial charge in [-0.05, 0) is 24.7 Å². The second kappa shape index (κ2) is 3.60. The monoisotopic (exact) mass is 302 g/mol. The minimum atomic E-state index is -0.871. The standard InChI is InChI=1S/C16H18N2O4/c1-21-13(19)15-9-6-10(9)16(18-17-15,14(20)22-2)12-8-4-3-7(5-8)11(12)15/h3-4,7-12H,5-6H2,1-2H3/t7-,8+,9-,10+,11+,12-,15-,16+. The summed E-state index contributed by atoms with van der Waals surface area (Å²) in [4.78, 5) is 25.3. The molecule has 0 amide bonds. The Morgan fingerprint density at radius 1 is 0.909 bits per heavy atom. The van der Waals surface area contributed by atoms with Crippen molar-refractivity contribution in [3.8, 4) is 0 Å². The molecule has 6 rings (SSSR count). The summed E-state index contributed by atoms with van der Waals surface area (Å²) in [6.07, 6.45) is 6.17. The molecule has 0 unspecified atom stereocenters. The molecule has 0 saturated heterocycles. The molecule has 6 heteroatoms. The van der Waals surface area contributed by atoms with Crippen LogP contribution in [0.3, 0.4) is 0 Å². The maximum atomic E-state index is 12.6. The SMILES string of the molecule is COC(=O)[C@@]12N=N[C@@](C(=O)OC)([C@@H]3[C@H]1[C@H]1C=C[C@@H]3C1)[C@@H]1C[C@@H]12. The fourth-order valence-electron chi connectivity index (χ4n) is 6.12. The van der Waals surface area contributed by atoms with E-state index in [0.717, 1.165) is 12.8 Å². The van der Waals surface area contributed by atoms with Crippen molar-refractivity contribution in [1.29, 1.82) is 0 Å². The zero-order chi connectivity index (χ0) is 15.3. The third kappa shape index (κ3) is 1.04. The highest BCUT2D eigenvalue weighted by atomic mass is 16.5. The summed E-state index contributed by atoms with van der Waals surface area (Å²) in [6, 6.07) is 0. The number of rotatable bonds is 2. The lowest BCUT2D eigenvalue weighted by Gasteiger charge is -2.53. The minimum Gasteiger partial charge on any atom is -0.467 e. The summed E-state index contributed by atoms with van der Waals surface area (Å²) in [5.74, 6) is 0.218. The van der Waals surface area contributed by atoms with Gasteiger partial charge in [0.15, 0.2) is 11.1 Å². The van der Waals surface area contributed by atoms with Gasteiger partial charge in [-0.1, -0.05) is 12.2 Å². The number of nitrogens with zero attached hydrogens (tertiary/aromatic N) is 2. The number of fused-ring (bicyclic) bond motifs is 2. The van der Waals surface area contributed by atoms with Gasteiger partial charge in [-0.25, -0.2) is 9.59 Å². The molecule has 0 aromatic rings. The van der Waals surface area contributed by atoms with E-state index in [1.165, 1.54) is 14.2 Å². The van der Waals surface area contributed by atoms with E-state index in [9.17, 15) is 9.59 Å². The lowest BCUT2D eigenvalue weighted by atomic mass is 9.55. The molecule has 2 heterocycles. The third-order valence-electron chi connectivity index (χ3n) is 6.80. The Kier molecular flexibility index (Phi) is 2.09. The Bertz CT molecular complexity index is 607. The van der Waals surface area contributed by atoms with Crippen LogP contribution in [0, 0.1) is 35.5 Å². The van der Waals surface area contributed by atoms with E-state index < -0.39 is 11.1 Å². The van der Waals surface area contributed by atoms with Gasteiger partial charge in [0.05, 0.1) is 14.2 Å². The maximum Gasteiger partial charge on any atom is 0.336 e. The van der Waals surface area contributed by atoms with Gasteiger partial charge in [0, 0.05) is 23.7 Å². The Balaban J connectivity index is 1.75. The number of allylic oxidation sites excluding steroid dienone is 2. The van der Waals surface area contributed by atoms with E-state index in [4.69, 9.17) is 9.47 Å². The molecular formula is C16H18N2O4. The highest BCUT2D eigenvalue weighted by Crippen LogP contribution is 2.75. The highest BCUT2D eigenvalue weighted by Gasteiger charge is 2.84. The minimum absolute atomic E-state index is 0.0234. The summed E-state index contributed by atoms with van der Waals surface area (Å²) in [5, 5.41) is 8.88. The number of carbonyl (C=O) groups excluding carboxylic acids is 2. The van der Waals surface area contributed by atoms with Crippen LogP contribution < -0.4 is 0 Å². The third-order valence-corrected chi connectivity index (χ3v) is 6.80. The fourth-order valence-corrected chi connectivity index (χ4v) is 6.12. The lowest BCUT2D eigenvalue weighted by molar-refractivity contribution is -0.169. The van der Waals surface area contributed by atoms with Gasteiger partial charge in [-0.2, -0.15) is 10.2 Å². The van der Waals surface area contributed by atoms with Crippen molar-refractivity contribution in [2.45, 2.75) is 23.9 Å². The highest BCUT2D eigenvalue weighted by molar-refractivity contribution is 5.89. The number of hydrogen-bond acceptors (Lipinski definition) is 6. The molecule has 3 fully saturated rings. The molecule has 2 aliphatic heterocycles. The molecule has 0 radical (unpaired) electrons. The van der Waals surface area contributed by atoms with Crippen LogP contribution in [0.1, 0.15) is 12.8 Å². The van der Waals surface area contributed by atoms with E-state index in [0.29, 0.717) is 11.8 Å². The van der Waals surface area contributed by atoms with E-state index in [2.05, 4.69) is 22.4 Å². The zero-order valence-corrected chi connectivity index (χ0v) is 12.6. The first-order valence-corrected chi connectivity index (χ1v) is 7.90. The number of ether oxygens (including phenoxy) is 2. The molecule has 6 aliphatic rings. The van der Waals surface area contributed by atoms with Crippen molar-refractivity contribution in [2.24, 2.45) is 45.7 Å². The molecule has 8 atom stereocenters. The number of methoxy groups -OCH3 is 2. The predicted octanol–water partition coefficient (Wildman–Crippen LogP) is 1.36. The van der Waals surface area contributed by atoms with E-state index in [1.54, 1.807) is 0 Å². The Morgan fingerprint density at radius 3 is 1.77 bits per heavy atom. The van der Waals surface area contributed by atoms with Crippen molar-refractivity contribution in [3.05, 3.63) is 12.2 Å². The summed E-state index contributed by atoms with van der Waals surface area (Å²) in [5.41, 5.74) is -1.74. The first kappa shape index (κ1) is 12.8. The summed E-state index contributed by atoms with van der Waals surface area (Å²) >= 11 is 0. The molecule has 116 valence electrons. The molecule has 6 nitrogen and oxygen atoms in total. The quantitative estimate of drug-likeness (QED) is 0.570. The Morgan fingerprint density at radius 2 is 1.36 bits per heavy atom. The second-order valence-electron chi connectivity index (χ2n) is 7.28. The number of hydrogen-bond donors (Lipinski definition) is 0. The fraction of sp³-hybridized carbons (Fsp3) is 0.750. The Labute approximate surface area is 127 Å². The van der Waals surface area contributed by atoms with Crippen molar-refractivity contribution in [1.82, 2.24) is 0 Å². The molecule has 0 aromatic carbocycles. The van der Waals surface area contributed by atoms with Gasteiger partial charge in [0.25, 0.3) is 0 Å². The lowest BCUT2D eigenvalue weighted by Crippen LogP contribution is -2.67. The van der Waals surface area contributed by atoms with Crippen LogP contribution in [0.4, 0.5) is 0 Å². The molecule has 4 bridgehead atoms. The molecule has 0 N–H and O–H groups in total. The number of carbonyl (C=O) groups is 2. The summed E-state index contributed by atoms with van der Waals surface area (Å²) < 4.78 is 10.2. The van der Waals surface area contributed by atoms with Crippen LogP contribution in [-0.2, 0) is 19.1 Å². The van der Waals surface area contributed by atoms with Crippen LogP contribution in [0.25, 0.3) is 0 Å². The van der Waals surface area contributed by atoms with E-state index >= 15 is 0 Å². The van der Waals surface area contributed by atoms with Gasteiger partial charge in [-0.3, -0.25) is 0 Å². The van der Waals surface area contributed by atoms with Crippen molar-refractivity contribution in [2.75, 3.05) is 14.2 Å². The second-order valence-corrected chi connectivity index (χ2v) is 7.28. The van der Waals surface area contributed by atoms with Crippen molar-refractivity contribution >= 4 is 11.9 Å². The van der Waals surface area contributed by atoms with Crippen LogP contribution >= 0.6 is 0 Å². The smallest absolute Gasteiger partial charge is 0.336 e. The predicted molar refractivity (Wildman–Crippen MR) is 73.7 cm³/mol. The van der Waals surface area contributed by atoms with Crippen LogP contribution in [0.2, 0.25) is 0 Å². The molecule has 4 aliphatic carbocycles. The van der Waals surface area contributed by atoms with Crippen molar-refractivity contribution in [3.63, 3.8) is 0 Å². The zero-order valence-electron chi connectivity index (χ0n) is 12.6. The van der Waals surface area contributed by atoms with Gasteiger partial charge < -0.3 is 9.47 Å².